The fourth-order valence-corrected chi connectivity index (χ4v) is 3.23. The third-order valence-corrected chi connectivity index (χ3v) is 4.98. The molecule has 1 N–H and O–H groups in total. The van der Waals surface area contributed by atoms with Gasteiger partial charge in [-0.15, -0.1) is 0 Å². The molecule has 1 saturated heterocycles. The number of urea groups is 1. The van der Waals surface area contributed by atoms with Gasteiger partial charge >= 0.3 is 6.03 Å². The Balaban J connectivity index is 1.44. The van der Waals surface area contributed by atoms with E-state index < -0.39 is 5.82 Å². The predicted octanol–water partition coefficient (Wildman–Crippen LogP) is 4.21. The van der Waals surface area contributed by atoms with Crippen LogP contribution in [0, 0.1) is 5.82 Å². The van der Waals surface area contributed by atoms with Crippen LogP contribution in [0.4, 0.5) is 14.9 Å². The van der Waals surface area contributed by atoms with Crippen LogP contribution < -0.4 is 10.2 Å². The molecule has 26 heavy (non-hydrogen) atoms. The van der Waals surface area contributed by atoms with Gasteiger partial charge in [-0.25, -0.2) is 9.18 Å². The molecule has 0 unspecified atom stereocenters. The molecule has 3 rings (SSSR count). The number of carbonyl (C=O) groups is 1. The Hall–Kier alpha value is -1.98. The second-order valence-electron chi connectivity index (χ2n) is 6.18. The summed E-state index contributed by atoms with van der Waals surface area (Å²) in [5, 5.41) is 3.77. The Bertz CT molecular complexity index is 762. The standard InChI is InChI=1S/C19H20Cl2FN3O/c20-15-3-1-14(2-4-15)7-8-23-19(26)25-11-9-24(10-12-25)16-5-6-18(22)17(21)13-16/h1-6,13H,7-12H2,(H,23,26). The van der Waals surface area contributed by atoms with Gasteiger partial charge < -0.3 is 15.1 Å². The van der Waals surface area contributed by atoms with E-state index in [2.05, 4.69) is 10.2 Å². The number of benzene rings is 2. The molecule has 138 valence electrons. The van der Waals surface area contributed by atoms with E-state index in [4.69, 9.17) is 23.2 Å². The van der Waals surface area contributed by atoms with Crippen molar-refractivity contribution in [1.29, 1.82) is 0 Å². The smallest absolute Gasteiger partial charge is 0.317 e. The van der Waals surface area contributed by atoms with Crippen molar-refractivity contribution in [2.45, 2.75) is 6.42 Å². The lowest BCUT2D eigenvalue weighted by atomic mass is 10.1. The van der Waals surface area contributed by atoms with Gasteiger partial charge in [0.15, 0.2) is 0 Å². The van der Waals surface area contributed by atoms with E-state index in [1.54, 1.807) is 17.0 Å². The van der Waals surface area contributed by atoms with Crippen LogP contribution in [-0.4, -0.2) is 43.7 Å². The molecule has 0 bridgehead atoms. The Morgan fingerprint density at radius 2 is 1.73 bits per heavy atom. The number of carbonyl (C=O) groups excluding carboxylic acids is 1. The fraction of sp³-hybridized carbons (Fsp3) is 0.316. The largest absolute Gasteiger partial charge is 0.368 e. The van der Waals surface area contributed by atoms with Crippen LogP contribution in [0.5, 0.6) is 0 Å². The van der Waals surface area contributed by atoms with Crippen molar-refractivity contribution in [3.05, 3.63) is 63.9 Å². The van der Waals surface area contributed by atoms with E-state index >= 15 is 0 Å². The summed E-state index contributed by atoms with van der Waals surface area (Å²) in [6.45, 7) is 3.18. The predicted molar refractivity (Wildman–Crippen MR) is 104 cm³/mol. The summed E-state index contributed by atoms with van der Waals surface area (Å²) < 4.78 is 13.3. The van der Waals surface area contributed by atoms with Crippen molar-refractivity contribution in [1.82, 2.24) is 10.2 Å². The Kier molecular flexibility index (Phi) is 6.22. The SMILES string of the molecule is O=C(NCCc1ccc(Cl)cc1)N1CCN(c2ccc(F)c(Cl)c2)CC1. The molecule has 0 radical (unpaired) electrons. The van der Waals surface area contributed by atoms with Gasteiger partial charge in [-0.1, -0.05) is 35.3 Å². The van der Waals surface area contributed by atoms with Gasteiger partial charge in [0.1, 0.15) is 5.82 Å². The third kappa shape index (κ3) is 4.80. The highest BCUT2D eigenvalue weighted by Crippen LogP contribution is 2.23. The lowest BCUT2D eigenvalue weighted by Crippen LogP contribution is -2.52. The quantitative estimate of drug-likeness (QED) is 0.841. The second-order valence-corrected chi connectivity index (χ2v) is 7.02. The topological polar surface area (TPSA) is 35.6 Å². The molecule has 2 aromatic carbocycles. The minimum absolute atomic E-state index is 0.0595. The van der Waals surface area contributed by atoms with Gasteiger partial charge in [0.2, 0.25) is 0 Å². The molecule has 4 nitrogen and oxygen atoms in total. The van der Waals surface area contributed by atoms with E-state index in [1.165, 1.54) is 6.07 Å². The number of amides is 2. The van der Waals surface area contributed by atoms with Gasteiger partial charge in [-0.3, -0.25) is 0 Å². The number of nitrogens with one attached hydrogen (secondary N) is 1. The monoisotopic (exact) mass is 395 g/mol. The van der Waals surface area contributed by atoms with Crippen LogP contribution in [0.25, 0.3) is 0 Å². The van der Waals surface area contributed by atoms with Crippen molar-refractivity contribution in [3.8, 4) is 0 Å². The molecule has 0 spiro atoms. The average molecular weight is 396 g/mol. The lowest BCUT2D eigenvalue weighted by Gasteiger charge is -2.36. The molecule has 0 atom stereocenters. The molecule has 1 aliphatic rings. The van der Waals surface area contributed by atoms with Crippen molar-refractivity contribution < 1.29 is 9.18 Å². The zero-order valence-corrected chi connectivity index (χ0v) is 15.7. The van der Waals surface area contributed by atoms with E-state index in [-0.39, 0.29) is 11.1 Å². The molecule has 7 heteroatoms. The Morgan fingerprint density at radius 1 is 1.04 bits per heavy atom. The number of halogens is 3. The van der Waals surface area contributed by atoms with Gasteiger partial charge in [0.05, 0.1) is 5.02 Å². The van der Waals surface area contributed by atoms with Crippen molar-refractivity contribution in [2.75, 3.05) is 37.6 Å². The maximum Gasteiger partial charge on any atom is 0.317 e. The van der Waals surface area contributed by atoms with Crippen LogP contribution in [0.15, 0.2) is 42.5 Å². The normalized spacial score (nSPS) is 14.4. The number of hydrogen-bond acceptors (Lipinski definition) is 2. The highest BCUT2D eigenvalue weighted by molar-refractivity contribution is 6.31. The van der Waals surface area contributed by atoms with Gasteiger partial charge in [-0.05, 0) is 42.3 Å². The lowest BCUT2D eigenvalue weighted by molar-refractivity contribution is 0.194. The Labute approximate surface area is 162 Å². The van der Waals surface area contributed by atoms with Gasteiger partial charge in [-0.2, -0.15) is 0 Å². The maximum absolute atomic E-state index is 13.3. The summed E-state index contributed by atoms with van der Waals surface area (Å²) in [5.41, 5.74) is 2.01. The van der Waals surface area contributed by atoms with E-state index in [0.29, 0.717) is 37.7 Å². The van der Waals surface area contributed by atoms with Crippen LogP contribution in [0.3, 0.4) is 0 Å². The number of anilines is 1. The molecule has 2 aromatic rings. The minimum Gasteiger partial charge on any atom is -0.368 e. The summed E-state index contributed by atoms with van der Waals surface area (Å²) in [7, 11) is 0. The summed E-state index contributed by atoms with van der Waals surface area (Å²) in [6, 6.07) is 12.3. The van der Waals surface area contributed by atoms with Gasteiger partial charge in [0.25, 0.3) is 0 Å². The van der Waals surface area contributed by atoms with E-state index in [1.807, 2.05) is 24.3 Å². The third-order valence-electron chi connectivity index (χ3n) is 4.44. The van der Waals surface area contributed by atoms with Crippen LogP contribution in [-0.2, 0) is 6.42 Å². The molecule has 1 heterocycles. The Morgan fingerprint density at radius 3 is 2.38 bits per heavy atom. The fourth-order valence-electron chi connectivity index (χ4n) is 2.93. The highest BCUT2D eigenvalue weighted by Gasteiger charge is 2.21. The summed E-state index contributed by atoms with van der Waals surface area (Å²) in [6.07, 6.45) is 0.761. The first-order valence-corrected chi connectivity index (χ1v) is 9.26. The highest BCUT2D eigenvalue weighted by atomic mass is 35.5. The molecule has 1 fully saturated rings. The first kappa shape index (κ1) is 18.8. The van der Waals surface area contributed by atoms with Gasteiger partial charge in [0, 0.05) is 43.4 Å². The van der Waals surface area contributed by atoms with E-state index in [0.717, 1.165) is 17.7 Å². The molecular weight excluding hydrogens is 376 g/mol. The average Bonchev–Trinajstić information content (AvgIpc) is 2.65. The number of rotatable bonds is 4. The van der Waals surface area contributed by atoms with Crippen molar-refractivity contribution in [3.63, 3.8) is 0 Å². The van der Waals surface area contributed by atoms with E-state index in [9.17, 15) is 9.18 Å². The van der Waals surface area contributed by atoms with Crippen LogP contribution in [0.2, 0.25) is 10.0 Å². The molecule has 2 amide bonds. The van der Waals surface area contributed by atoms with Crippen LogP contribution >= 0.6 is 23.2 Å². The summed E-state index contributed by atoms with van der Waals surface area (Å²) in [5.74, 6) is -0.422. The zero-order chi connectivity index (χ0) is 18.5. The molecule has 0 aromatic heterocycles. The molecule has 0 aliphatic carbocycles. The first-order valence-electron chi connectivity index (χ1n) is 8.50. The number of hydrogen-bond donors (Lipinski definition) is 1. The van der Waals surface area contributed by atoms with Crippen LogP contribution in [0.1, 0.15) is 5.56 Å². The first-order chi connectivity index (χ1) is 12.5. The maximum atomic E-state index is 13.3. The number of nitrogens with zero attached hydrogens (tertiary/aromatic N) is 2. The van der Waals surface area contributed by atoms with Crippen molar-refractivity contribution >= 4 is 34.9 Å². The molecular formula is C19H20Cl2FN3O. The minimum atomic E-state index is -0.422. The zero-order valence-electron chi connectivity index (χ0n) is 14.2. The molecule has 0 saturated carbocycles. The molecule has 1 aliphatic heterocycles. The summed E-state index contributed by atoms with van der Waals surface area (Å²) >= 11 is 11.7. The number of piperazine rings is 1. The van der Waals surface area contributed by atoms with Crippen molar-refractivity contribution in [2.24, 2.45) is 0 Å². The summed E-state index contributed by atoms with van der Waals surface area (Å²) in [4.78, 5) is 16.2. The second kappa shape index (κ2) is 8.60.